The van der Waals surface area contributed by atoms with E-state index >= 15 is 0 Å². The van der Waals surface area contributed by atoms with Gasteiger partial charge in [-0.1, -0.05) is 5.57 Å². The Labute approximate surface area is 172 Å². The molecule has 0 amide bonds. The summed E-state index contributed by atoms with van der Waals surface area (Å²) in [6.07, 6.45) is 10.1. The summed E-state index contributed by atoms with van der Waals surface area (Å²) < 4.78 is 12.0. The van der Waals surface area contributed by atoms with E-state index in [0.717, 1.165) is 82.0 Å². The first-order valence-electron chi connectivity index (χ1n) is 11.2. The highest BCUT2D eigenvalue weighted by atomic mass is 16.5. The van der Waals surface area contributed by atoms with Crippen LogP contribution in [-0.4, -0.2) is 59.1 Å². The lowest BCUT2D eigenvalue weighted by molar-refractivity contribution is -0.120. The van der Waals surface area contributed by atoms with Crippen LogP contribution in [0, 0.1) is 5.92 Å². The Morgan fingerprint density at radius 3 is 2.69 bits per heavy atom. The van der Waals surface area contributed by atoms with E-state index in [-0.39, 0.29) is 12.0 Å². The second-order valence-corrected chi connectivity index (χ2v) is 9.01. The number of rotatable bonds is 4. The molecule has 1 aromatic rings. The molecule has 6 heteroatoms. The van der Waals surface area contributed by atoms with E-state index in [2.05, 4.69) is 14.9 Å². The number of morpholine rings is 1. The van der Waals surface area contributed by atoms with Gasteiger partial charge in [0.05, 0.1) is 24.5 Å². The van der Waals surface area contributed by atoms with Crippen LogP contribution in [0.2, 0.25) is 0 Å². The summed E-state index contributed by atoms with van der Waals surface area (Å²) in [7, 11) is 0. The van der Waals surface area contributed by atoms with Crippen molar-refractivity contribution in [2.45, 2.75) is 70.4 Å². The van der Waals surface area contributed by atoms with Crippen LogP contribution in [0.5, 0.6) is 5.88 Å². The van der Waals surface area contributed by atoms with E-state index in [1.165, 1.54) is 24.0 Å². The van der Waals surface area contributed by atoms with E-state index in [4.69, 9.17) is 9.47 Å². The molecule has 3 aliphatic carbocycles. The van der Waals surface area contributed by atoms with Gasteiger partial charge in [0.15, 0.2) is 0 Å². The van der Waals surface area contributed by atoms with Gasteiger partial charge >= 0.3 is 0 Å². The second-order valence-electron chi connectivity index (χ2n) is 9.01. The Morgan fingerprint density at radius 1 is 1.14 bits per heavy atom. The SMILES string of the molecule is CC(=O)[C@H]1CCC2=C(C1)c1c(ncnc1OC1CCC(N3CCOCC3)CC1)C2. The van der Waals surface area contributed by atoms with Gasteiger partial charge in [0, 0.05) is 31.5 Å². The summed E-state index contributed by atoms with van der Waals surface area (Å²) in [5, 5.41) is 0. The molecule has 6 nitrogen and oxygen atoms in total. The third-order valence-electron chi connectivity index (χ3n) is 7.30. The summed E-state index contributed by atoms with van der Waals surface area (Å²) in [4.78, 5) is 23.6. The molecule has 1 atom stereocenters. The second kappa shape index (κ2) is 8.15. The number of fused-ring (bicyclic) bond motifs is 2. The Morgan fingerprint density at radius 2 is 1.93 bits per heavy atom. The minimum atomic E-state index is 0.136. The highest BCUT2D eigenvalue weighted by molar-refractivity contribution is 5.85. The quantitative estimate of drug-likeness (QED) is 0.777. The predicted octanol–water partition coefficient (Wildman–Crippen LogP) is 3.20. The third kappa shape index (κ3) is 3.84. The topological polar surface area (TPSA) is 64.5 Å². The first-order valence-corrected chi connectivity index (χ1v) is 11.2. The maximum atomic E-state index is 12.0. The van der Waals surface area contributed by atoms with Crippen LogP contribution in [0.25, 0.3) is 5.57 Å². The maximum Gasteiger partial charge on any atom is 0.224 e. The molecule has 1 saturated heterocycles. The number of ketones is 1. The van der Waals surface area contributed by atoms with Gasteiger partial charge in [-0.05, 0) is 57.4 Å². The van der Waals surface area contributed by atoms with Crippen LogP contribution in [0.15, 0.2) is 11.9 Å². The van der Waals surface area contributed by atoms with Crippen LogP contribution < -0.4 is 4.74 Å². The van der Waals surface area contributed by atoms with Crippen molar-refractivity contribution in [3.8, 4) is 5.88 Å². The molecule has 2 heterocycles. The first kappa shape index (κ1) is 19.2. The van der Waals surface area contributed by atoms with E-state index in [9.17, 15) is 4.79 Å². The van der Waals surface area contributed by atoms with Gasteiger partial charge < -0.3 is 9.47 Å². The summed E-state index contributed by atoms with van der Waals surface area (Å²) in [5.74, 6) is 1.18. The monoisotopic (exact) mass is 397 g/mol. The Balaban J connectivity index is 1.27. The van der Waals surface area contributed by atoms with E-state index in [0.29, 0.717) is 11.8 Å². The molecule has 1 saturated carbocycles. The summed E-state index contributed by atoms with van der Waals surface area (Å²) in [5.41, 5.74) is 4.93. The van der Waals surface area contributed by atoms with Crippen molar-refractivity contribution in [1.82, 2.24) is 14.9 Å². The number of nitrogens with zero attached hydrogens (tertiary/aromatic N) is 3. The smallest absolute Gasteiger partial charge is 0.224 e. The number of ether oxygens (including phenoxy) is 2. The van der Waals surface area contributed by atoms with Gasteiger partial charge in [0.25, 0.3) is 0 Å². The van der Waals surface area contributed by atoms with E-state index in [1.807, 2.05) is 0 Å². The molecule has 29 heavy (non-hydrogen) atoms. The average molecular weight is 398 g/mol. The summed E-state index contributed by atoms with van der Waals surface area (Å²) >= 11 is 0. The average Bonchev–Trinajstić information content (AvgIpc) is 3.13. The summed E-state index contributed by atoms with van der Waals surface area (Å²) in [6, 6.07) is 0.666. The van der Waals surface area contributed by atoms with Crippen molar-refractivity contribution in [3.63, 3.8) is 0 Å². The molecule has 0 bridgehead atoms. The van der Waals surface area contributed by atoms with Crippen molar-refractivity contribution in [1.29, 1.82) is 0 Å². The number of Topliss-reactive ketones (excluding diaryl/α,β-unsaturated/α-hetero) is 1. The molecule has 0 spiro atoms. The third-order valence-corrected chi connectivity index (χ3v) is 7.30. The molecule has 156 valence electrons. The number of hydrogen-bond donors (Lipinski definition) is 0. The zero-order valence-corrected chi connectivity index (χ0v) is 17.4. The van der Waals surface area contributed by atoms with Gasteiger partial charge in [0.2, 0.25) is 5.88 Å². The lowest BCUT2D eigenvalue weighted by Crippen LogP contribution is -2.46. The standard InChI is InChI=1S/C23H31N3O3/c1-15(27)16-2-3-17-13-21-22(20(17)12-16)23(25-14-24-21)29-19-6-4-18(5-7-19)26-8-10-28-11-9-26/h14,16,18-19H,2-13H2,1H3/t16-,18?,19?/m0/s1. The van der Waals surface area contributed by atoms with Crippen LogP contribution in [0.1, 0.15) is 63.1 Å². The fourth-order valence-corrected chi connectivity index (χ4v) is 5.57. The normalized spacial score (nSPS) is 30.0. The predicted molar refractivity (Wildman–Crippen MR) is 110 cm³/mol. The van der Waals surface area contributed by atoms with Gasteiger partial charge in [-0.15, -0.1) is 0 Å². The van der Waals surface area contributed by atoms with Gasteiger partial charge in [-0.25, -0.2) is 9.97 Å². The van der Waals surface area contributed by atoms with Crippen molar-refractivity contribution in [2.24, 2.45) is 5.92 Å². The fourth-order valence-electron chi connectivity index (χ4n) is 5.57. The minimum absolute atomic E-state index is 0.136. The molecule has 1 aromatic heterocycles. The van der Waals surface area contributed by atoms with Gasteiger partial charge in [-0.3, -0.25) is 9.69 Å². The molecule has 4 aliphatic rings. The molecule has 0 radical (unpaired) electrons. The highest BCUT2D eigenvalue weighted by Gasteiger charge is 2.35. The Hall–Kier alpha value is -1.79. The molecular weight excluding hydrogens is 366 g/mol. The molecule has 0 N–H and O–H groups in total. The van der Waals surface area contributed by atoms with Gasteiger partial charge in [0.1, 0.15) is 18.2 Å². The first-order chi connectivity index (χ1) is 14.2. The number of aromatic nitrogens is 2. The molecule has 5 rings (SSSR count). The number of hydrogen-bond acceptors (Lipinski definition) is 6. The van der Waals surface area contributed by atoms with Crippen LogP contribution in [0.3, 0.4) is 0 Å². The molecular formula is C23H31N3O3. The summed E-state index contributed by atoms with van der Waals surface area (Å²) in [6.45, 7) is 5.57. The minimum Gasteiger partial charge on any atom is -0.474 e. The lowest BCUT2D eigenvalue weighted by atomic mass is 9.82. The Kier molecular flexibility index (Phi) is 5.39. The van der Waals surface area contributed by atoms with Crippen LogP contribution >= 0.6 is 0 Å². The van der Waals surface area contributed by atoms with Crippen molar-refractivity contribution in [3.05, 3.63) is 23.2 Å². The number of carbonyl (C=O) groups is 1. The lowest BCUT2D eigenvalue weighted by Gasteiger charge is -2.38. The molecule has 1 aliphatic heterocycles. The van der Waals surface area contributed by atoms with E-state index < -0.39 is 0 Å². The zero-order valence-electron chi connectivity index (χ0n) is 17.4. The largest absolute Gasteiger partial charge is 0.474 e. The number of carbonyl (C=O) groups excluding carboxylic acids is 1. The number of allylic oxidation sites excluding steroid dienone is 2. The Bertz CT molecular complexity index is 808. The van der Waals surface area contributed by atoms with Gasteiger partial charge in [-0.2, -0.15) is 0 Å². The van der Waals surface area contributed by atoms with Crippen molar-refractivity contribution >= 4 is 11.4 Å². The maximum absolute atomic E-state index is 12.0. The van der Waals surface area contributed by atoms with Crippen molar-refractivity contribution in [2.75, 3.05) is 26.3 Å². The fraction of sp³-hybridized carbons (Fsp3) is 0.696. The van der Waals surface area contributed by atoms with Crippen LogP contribution in [0.4, 0.5) is 0 Å². The van der Waals surface area contributed by atoms with Crippen molar-refractivity contribution < 1.29 is 14.3 Å². The van der Waals surface area contributed by atoms with E-state index in [1.54, 1.807) is 13.3 Å². The highest BCUT2D eigenvalue weighted by Crippen LogP contribution is 2.46. The molecule has 0 aromatic carbocycles. The molecule has 0 unspecified atom stereocenters. The molecule has 2 fully saturated rings. The zero-order chi connectivity index (χ0) is 19.8. The van der Waals surface area contributed by atoms with Crippen LogP contribution in [-0.2, 0) is 16.0 Å².